The number of carbonyl (C=O) groups is 1. The van der Waals surface area contributed by atoms with Crippen molar-refractivity contribution in [3.8, 4) is 73.2 Å². The van der Waals surface area contributed by atoms with Crippen LogP contribution in [0, 0.1) is 0 Å². The number of benzene rings is 8. The van der Waals surface area contributed by atoms with Gasteiger partial charge in [-0.05, 0) is 129 Å². The highest BCUT2D eigenvalue weighted by Crippen LogP contribution is 2.63. The van der Waals surface area contributed by atoms with Gasteiger partial charge < -0.3 is 9.47 Å². The van der Waals surface area contributed by atoms with E-state index in [4.69, 9.17) is 15.0 Å². The minimum absolute atomic E-state index is 0.0142. The SMILES string of the molecule is CCC1=CN(c2ccc(-c3nc(-c4ccc(-n5ccnc5)cc4)nc(-c4ccc5c(c4)C4(c6ccccc6-c6ccccc64)c4cc(C(=O)c6ccc(-c7ccccc7)cc6)ccc4-5)n3)cc2)C=CC1. The summed E-state index contributed by atoms with van der Waals surface area (Å²) in [6.07, 6.45) is 14.1. The van der Waals surface area contributed by atoms with Crippen molar-refractivity contribution in [1.29, 1.82) is 0 Å². The molecule has 70 heavy (non-hydrogen) atoms. The molecule has 1 spiro atoms. The van der Waals surface area contributed by atoms with E-state index in [0.29, 0.717) is 28.6 Å². The molecule has 332 valence electrons. The molecule has 1 aliphatic heterocycles. The third-order valence-corrected chi connectivity index (χ3v) is 14.3. The summed E-state index contributed by atoms with van der Waals surface area (Å²) >= 11 is 0. The first-order valence-corrected chi connectivity index (χ1v) is 23.8. The van der Waals surface area contributed by atoms with Gasteiger partial charge in [0.25, 0.3) is 0 Å². The van der Waals surface area contributed by atoms with E-state index in [9.17, 15) is 4.79 Å². The van der Waals surface area contributed by atoms with Gasteiger partial charge in [0, 0.05) is 64.0 Å². The highest BCUT2D eigenvalue weighted by Gasteiger charge is 2.52. The number of ketones is 1. The molecule has 0 bridgehead atoms. The van der Waals surface area contributed by atoms with Crippen LogP contribution in [-0.2, 0) is 5.41 Å². The number of anilines is 1. The molecule has 0 saturated heterocycles. The maximum atomic E-state index is 14.6. The van der Waals surface area contributed by atoms with E-state index in [2.05, 4.69) is 175 Å². The van der Waals surface area contributed by atoms with Gasteiger partial charge in [-0.1, -0.05) is 146 Å². The van der Waals surface area contributed by atoms with Crippen molar-refractivity contribution in [2.45, 2.75) is 25.2 Å². The minimum atomic E-state index is -0.714. The van der Waals surface area contributed by atoms with E-state index in [1.807, 2.05) is 59.3 Å². The van der Waals surface area contributed by atoms with Gasteiger partial charge in [-0.2, -0.15) is 0 Å². The van der Waals surface area contributed by atoms with Gasteiger partial charge in [-0.3, -0.25) is 4.79 Å². The zero-order chi connectivity index (χ0) is 46.8. The van der Waals surface area contributed by atoms with Crippen LogP contribution in [-0.4, -0.2) is 30.3 Å². The molecular weight excluding hydrogens is 857 g/mol. The summed E-state index contributed by atoms with van der Waals surface area (Å²) in [4.78, 5) is 36.7. The standard InChI is InChI=1S/C63H44N6O/c1-2-41-11-10-35-68(39-41)49-28-22-45(23-29-49)60-65-61(46-24-30-50(31-25-46)69-36-34-64-40-69)67-62(66-60)48-27-33-54-53-32-26-47(59(70)44-20-18-43(19-21-44)42-12-4-3-5-13-42)37-57(53)63(58(54)38-48)55-16-8-6-14-51(55)52-15-7-9-17-56(52)63/h3-10,12-40H,2,11H2,1H3. The Kier molecular flexibility index (Phi) is 9.76. The Hall–Kier alpha value is -9.07. The zero-order valence-electron chi connectivity index (χ0n) is 38.4. The van der Waals surface area contributed by atoms with E-state index in [1.165, 1.54) is 27.8 Å². The molecule has 3 aliphatic rings. The van der Waals surface area contributed by atoms with E-state index in [1.54, 1.807) is 12.5 Å². The van der Waals surface area contributed by atoms with E-state index in [-0.39, 0.29) is 5.78 Å². The third kappa shape index (κ3) is 6.69. The minimum Gasteiger partial charge on any atom is -0.324 e. The molecule has 0 N–H and O–H groups in total. The Morgan fingerprint density at radius 3 is 1.69 bits per heavy atom. The molecule has 0 unspecified atom stereocenters. The molecule has 2 aromatic heterocycles. The van der Waals surface area contributed by atoms with Crippen molar-refractivity contribution >= 4 is 11.5 Å². The van der Waals surface area contributed by atoms with E-state index in [0.717, 1.165) is 74.3 Å². The molecule has 10 aromatic rings. The Bertz CT molecular complexity index is 3680. The van der Waals surface area contributed by atoms with Crippen molar-refractivity contribution in [2.75, 3.05) is 4.90 Å². The third-order valence-electron chi connectivity index (χ3n) is 14.3. The van der Waals surface area contributed by atoms with Crippen LogP contribution in [0.4, 0.5) is 5.69 Å². The fourth-order valence-electron chi connectivity index (χ4n) is 10.8. The van der Waals surface area contributed by atoms with E-state index < -0.39 is 5.41 Å². The second-order valence-electron chi connectivity index (χ2n) is 18.1. The molecule has 8 aromatic carbocycles. The van der Waals surface area contributed by atoms with Gasteiger partial charge in [-0.15, -0.1) is 0 Å². The zero-order valence-corrected chi connectivity index (χ0v) is 38.4. The molecule has 0 amide bonds. The summed E-state index contributed by atoms with van der Waals surface area (Å²) in [6.45, 7) is 2.20. The molecule has 2 aliphatic carbocycles. The van der Waals surface area contributed by atoms with Gasteiger partial charge in [-0.25, -0.2) is 19.9 Å². The van der Waals surface area contributed by atoms with Crippen LogP contribution in [0.25, 0.3) is 73.2 Å². The van der Waals surface area contributed by atoms with Gasteiger partial charge in [0.1, 0.15) is 0 Å². The number of nitrogens with zero attached hydrogens (tertiary/aromatic N) is 6. The molecule has 7 heteroatoms. The van der Waals surface area contributed by atoms with Crippen LogP contribution in [0.15, 0.2) is 231 Å². The van der Waals surface area contributed by atoms with Gasteiger partial charge in [0.05, 0.1) is 11.7 Å². The summed E-state index contributed by atoms with van der Waals surface area (Å²) in [7, 11) is 0. The number of aromatic nitrogens is 5. The number of imidazole rings is 1. The van der Waals surface area contributed by atoms with Crippen molar-refractivity contribution in [3.05, 3.63) is 264 Å². The fourth-order valence-corrected chi connectivity index (χ4v) is 10.8. The van der Waals surface area contributed by atoms with Crippen LogP contribution in [0.3, 0.4) is 0 Å². The molecule has 3 heterocycles. The van der Waals surface area contributed by atoms with Gasteiger partial charge in [0.2, 0.25) is 0 Å². The Morgan fingerprint density at radius 2 is 1.04 bits per heavy atom. The normalized spacial score (nSPS) is 13.7. The highest BCUT2D eigenvalue weighted by molar-refractivity contribution is 6.10. The van der Waals surface area contributed by atoms with Crippen molar-refractivity contribution in [3.63, 3.8) is 0 Å². The molecule has 0 atom stereocenters. The van der Waals surface area contributed by atoms with Crippen molar-refractivity contribution in [1.82, 2.24) is 24.5 Å². The largest absolute Gasteiger partial charge is 0.324 e. The van der Waals surface area contributed by atoms with Crippen LogP contribution in [0.5, 0.6) is 0 Å². The number of fused-ring (bicyclic) bond motifs is 10. The van der Waals surface area contributed by atoms with Crippen LogP contribution in [0.1, 0.15) is 57.9 Å². The maximum absolute atomic E-state index is 14.6. The Balaban J connectivity index is 0.956. The molecule has 0 fully saturated rings. The van der Waals surface area contributed by atoms with Crippen LogP contribution >= 0.6 is 0 Å². The summed E-state index contributed by atoms with van der Waals surface area (Å²) in [5.74, 6) is 1.71. The lowest BCUT2D eigenvalue weighted by Crippen LogP contribution is -2.26. The lowest BCUT2D eigenvalue weighted by Gasteiger charge is -2.31. The number of hydrogen-bond donors (Lipinski definition) is 0. The maximum Gasteiger partial charge on any atom is 0.193 e. The smallest absolute Gasteiger partial charge is 0.193 e. The lowest BCUT2D eigenvalue weighted by molar-refractivity contribution is 0.103. The predicted octanol–water partition coefficient (Wildman–Crippen LogP) is 14.3. The molecule has 7 nitrogen and oxygen atoms in total. The number of hydrogen-bond acceptors (Lipinski definition) is 6. The van der Waals surface area contributed by atoms with E-state index >= 15 is 0 Å². The number of carbonyl (C=O) groups excluding carboxylic acids is 1. The second kappa shape index (κ2) is 16.6. The highest BCUT2D eigenvalue weighted by atomic mass is 16.1. The van der Waals surface area contributed by atoms with Gasteiger partial charge in [0.15, 0.2) is 23.3 Å². The molecule has 0 saturated carbocycles. The average Bonchev–Trinajstić information content (AvgIpc) is 4.16. The first kappa shape index (κ1) is 41.1. The molecule has 0 radical (unpaired) electrons. The predicted molar refractivity (Wildman–Crippen MR) is 279 cm³/mol. The molecule has 13 rings (SSSR count). The summed E-state index contributed by atoms with van der Waals surface area (Å²) in [5, 5.41) is 0. The Labute approximate surface area is 406 Å². The monoisotopic (exact) mass is 900 g/mol. The quantitative estimate of drug-likeness (QED) is 0.134. The molecular formula is C63H44N6O. The van der Waals surface area contributed by atoms with Crippen molar-refractivity contribution < 1.29 is 4.79 Å². The number of rotatable bonds is 9. The van der Waals surface area contributed by atoms with Crippen LogP contribution < -0.4 is 4.90 Å². The van der Waals surface area contributed by atoms with Crippen molar-refractivity contribution in [2.24, 2.45) is 0 Å². The first-order valence-electron chi connectivity index (χ1n) is 23.8. The summed E-state index contributed by atoms with van der Waals surface area (Å²) in [5.41, 5.74) is 18.0. The topological polar surface area (TPSA) is 76.8 Å². The average molecular weight is 901 g/mol. The fraction of sp³-hybridized carbons (Fsp3) is 0.0635. The summed E-state index contributed by atoms with van der Waals surface area (Å²) < 4.78 is 1.98. The second-order valence-corrected chi connectivity index (χ2v) is 18.1. The Morgan fingerprint density at radius 1 is 0.514 bits per heavy atom. The number of allylic oxidation sites excluding steroid dienone is 2. The summed E-state index contributed by atoms with van der Waals surface area (Å²) in [6, 6.07) is 65.3. The first-order chi connectivity index (χ1) is 34.5. The lowest BCUT2D eigenvalue weighted by atomic mass is 9.70. The van der Waals surface area contributed by atoms with Crippen LogP contribution in [0.2, 0.25) is 0 Å². The van der Waals surface area contributed by atoms with Gasteiger partial charge >= 0.3 is 0 Å².